The third-order valence-corrected chi connectivity index (χ3v) is 5.06. The number of aromatic hydroxyl groups is 1. The summed E-state index contributed by atoms with van der Waals surface area (Å²) in [6, 6.07) is 10.0. The molecule has 2 aromatic rings. The van der Waals surface area contributed by atoms with Crippen LogP contribution in [0.1, 0.15) is 17.0 Å². The Morgan fingerprint density at radius 3 is 2.69 bits per heavy atom. The average Bonchev–Trinajstić information content (AvgIpc) is 2.71. The summed E-state index contributed by atoms with van der Waals surface area (Å²) in [6.45, 7) is -0.283. The number of ether oxygens (including phenoxy) is 4. The maximum atomic E-state index is 11.4. The number of phenolic OH excluding ortho intramolecular Hbond substituents is 1. The molecule has 150 valence electrons. The number of nitriles is 1. The monoisotopic (exact) mass is 460 g/mol. The molecule has 1 aliphatic heterocycles. The predicted octanol–water partition coefficient (Wildman–Crippen LogP) is 2.93. The van der Waals surface area contributed by atoms with Crippen molar-refractivity contribution in [1.29, 1.82) is 5.26 Å². The number of rotatable bonds is 5. The van der Waals surface area contributed by atoms with Crippen molar-refractivity contribution in [3.05, 3.63) is 57.4 Å². The molecule has 29 heavy (non-hydrogen) atoms. The van der Waals surface area contributed by atoms with Crippen LogP contribution in [0, 0.1) is 11.3 Å². The number of nitrogens with zero attached hydrogens (tertiary/aromatic N) is 1. The molecule has 0 amide bonds. The number of fused-ring (bicyclic) bond motifs is 1. The van der Waals surface area contributed by atoms with Gasteiger partial charge in [0, 0.05) is 16.1 Å². The highest BCUT2D eigenvalue weighted by molar-refractivity contribution is 9.10. The highest BCUT2D eigenvalue weighted by atomic mass is 79.9. The van der Waals surface area contributed by atoms with Crippen LogP contribution in [0.2, 0.25) is 0 Å². The number of methoxy groups -OCH3 is 2. The third kappa shape index (κ3) is 3.93. The van der Waals surface area contributed by atoms with E-state index in [0.717, 1.165) is 0 Å². The van der Waals surface area contributed by atoms with Crippen molar-refractivity contribution in [2.45, 2.75) is 5.92 Å². The summed E-state index contributed by atoms with van der Waals surface area (Å²) in [5.74, 6) is -0.110. The van der Waals surface area contributed by atoms with Gasteiger partial charge in [-0.05, 0) is 23.8 Å². The molecule has 1 aliphatic rings. The first-order chi connectivity index (χ1) is 13.9. The fraction of sp³-hybridized carbons (Fsp3) is 0.200. The molecule has 0 saturated heterocycles. The van der Waals surface area contributed by atoms with Gasteiger partial charge in [-0.1, -0.05) is 22.0 Å². The maximum Gasteiger partial charge on any atom is 0.343 e. The van der Waals surface area contributed by atoms with E-state index in [1.54, 1.807) is 18.2 Å². The summed E-state index contributed by atoms with van der Waals surface area (Å²) in [6.07, 6.45) is 0. The van der Waals surface area contributed by atoms with Crippen LogP contribution >= 0.6 is 15.9 Å². The van der Waals surface area contributed by atoms with E-state index in [0.29, 0.717) is 32.8 Å². The molecular formula is C20H17BrN2O6. The Morgan fingerprint density at radius 2 is 2.03 bits per heavy atom. The van der Waals surface area contributed by atoms with Crippen LogP contribution in [-0.4, -0.2) is 31.9 Å². The molecule has 0 aliphatic carbocycles. The molecule has 0 saturated carbocycles. The smallest absolute Gasteiger partial charge is 0.343 e. The molecule has 3 rings (SSSR count). The van der Waals surface area contributed by atoms with Crippen molar-refractivity contribution < 1.29 is 28.8 Å². The van der Waals surface area contributed by atoms with Gasteiger partial charge in [0.25, 0.3) is 0 Å². The Labute approximate surface area is 175 Å². The minimum absolute atomic E-state index is 0.0129. The zero-order valence-corrected chi connectivity index (χ0v) is 17.1. The number of benzene rings is 2. The van der Waals surface area contributed by atoms with E-state index in [1.165, 1.54) is 26.4 Å². The first-order valence-electron chi connectivity index (χ1n) is 8.37. The van der Waals surface area contributed by atoms with Crippen LogP contribution in [0.25, 0.3) is 0 Å². The Hall–Kier alpha value is -3.38. The first-order valence-corrected chi connectivity index (χ1v) is 9.16. The summed E-state index contributed by atoms with van der Waals surface area (Å²) in [4.78, 5) is 11.4. The molecule has 3 N–H and O–H groups in total. The van der Waals surface area contributed by atoms with Gasteiger partial charge in [0.2, 0.25) is 5.88 Å². The van der Waals surface area contributed by atoms with Gasteiger partial charge < -0.3 is 29.8 Å². The molecule has 2 aromatic carbocycles. The van der Waals surface area contributed by atoms with Crippen molar-refractivity contribution in [1.82, 2.24) is 0 Å². The van der Waals surface area contributed by atoms with Gasteiger partial charge in [-0.3, -0.25) is 0 Å². The van der Waals surface area contributed by atoms with Crippen molar-refractivity contribution >= 4 is 21.9 Å². The van der Waals surface area contributed by atoms with Crippen molar-refractivity contribution in [3.63, 3.8) is 0 Å². The molecule has 1 atom stereocenters. The van der Waals surface area contributed by atoms with Gasteiger partial charge in [-0.25, -0.2) is 4.79 Å². The van der Waals surface area contributed by atoms with Gasteiger partial charge in [0.15, 0.2) is 18.1 Å². The lowest BCUT2D eigenvalue weighted by atomic mass is 9.83. The Bertz CT molecular complexity index is 1040. The maximum absolute atomic E-state index is 11.4. The Balaban J connectivity index is 2.12. The molecule has 0 fully saturated rings. The first kappa shape index (κ1) is 20.4. The lowest BCUT2D eigenvalue weighted by molar-refractivity contribution is -0.142. The molecular weight excluding hydrogens is 444 g/mol. The normalized spacial score (nSPS) is 15.0. The van der Waals surface area contributed by atoms with Crippen LogP contribution < -0.4 is 19.9 Å². The van der Waals surface area contributed by atoms with Crippen LogP contribution in [0.4, 0.5) is 0 Å². The van der Waals surface area contributed by atoms with Gasteiger partial charge in [-0.2, -0.15) is 5.26 Å². The van der Waals surface area contributed by atoms with Crippen LogP contribution in [0.3, 0.4) is 0 Å². The van der Waals surface area contributed by atoms with Crippen LogP contribution in [-0.2, 0) is 9.53 Å². The topological polar surface area (TPSA) is 124 Å². The Kier molecular flexibility index (Phi) is 5.84. The predicted molar refractivity (Wildman–Crippen MR) is 106 cm³/mol. The number of nitrogens with two attached hydrogens (primary N) is 1. The average molecular weight is 461 g/mol. The standard InChI is InChI=1S/C20H17BrN2O6/c1-26-16-6-12(14(21)7-17(16)28-9-18(25)27-2)19-11-4-3-10(24)5-15(11)29-20(23)13(19)8-22/h3-7,19,24H,9,23H2,1-2H3/t19-/m0/s1. The highest BCUT2D eigenvalue weighted by Crippen LogP contribution is 2.47. The second-order valence-corrected chi connectivity index (χ2v) is 6.89. The largest absolute Gasteiger partial charge is 0.508 e. The minimum Gasteiger partial charge on any atom is -0.508 e. The summed E-state index contributed by atoms with van der Waals surface area (Å²) in [5, 5.41) is 19.4. The molecule has 1 heterocycles. The van der Waals surface area contributed by atoms with Gasteiger partial charge in [0.1, 0.15) is 23.1 Å². The molecule has 0 unspecified atom stereocenters. The molecule has 8 nitrogen and oxygen atoms in total. The van der Waals surface area contributed by atoms with Gasteiger partial charge in [-0.15, -0.1) is 0 Å². The zero-order chi connectivity index (χ0) is 21.1. The third-order valence-electron chi connectivity index (χ3n) is 4.37. The number of hydrogen-bond donors (Lipinski definition) is 2. The number of halogens is 1. The van der Waals surface area contributed by atoms with Crippen LogP contribution in [0.5, 0.6) is 23.0 Å². The molecule has 0 aromatic heterocycles. The number of allylic oxidation sites excluding steroid dienone is 1. The second-order valence-electron chi connectivity index (χ2n) is 6.04. The number of carbonyl (C=O) groups excluding carboxylic acids is 1. The Morgan fingerprint density at radius 1 is 1.28 bits per heavy atom. The van der Waals surface area contributed by atoms with E-state index in [4.69, 9.17) is 19.9 Å². The fourth-order valence-corrected chi connectivity index (χ4v) is 3.56. The summed E-state index contributed by atoms with van der Waals surface area (Å²) in [5.41, 5.74) is 7.50. The van der Waals surface area contributed by atoms with Crippen LogP contribution in [0.15, 0.2) is 46.3 Å². The lowest BCUT2D eigenvalue weighted by Crippen LogP contribution is -2.21. The minimum atomic E-state index is -0.567. The van der Waals surface area contributed by atoms with E-state index in [1.807, 2.05) is 0 Å². The van der Waals surface area contributed by atoms with Gasteiger partial charge in [0.05, 0.1) is 20.1 Å². The number of esters is 1. The van der Waals surface area contributed by atoms with Gasteiger partial charge >= 0.3 is 5.97 Å². The summed E-state index contributed by atoms with van der Waals surface area (Å²) < 4.78 is 21.6. The number of hydrogen-bond acceptors (Lipinski definition) is 8. The van der Waals surface area contributed by atoms with Crippen molar-refractivity contribution in [2.75, 3.05) is 20.8 Å². The van der Waals surface area contributed by atoms with Crippen molar-refractivity contribution in [2.24, 2.45) is 5.73 Å². The zero-order valence-electron chi connectivity index (χ0n) is 15.6. The summed E-state index contributed by atoms with van der Waals surface area (Å²) >= 11 is 3.50. The number of carbonyl (C=O) groups is 1. The van der Waals surface area contributed by atoms with E-state index in [9.17, 15) is 15.2 Å². The fourth-order valence-electron chi connectivity index (χ4n) is 3.00. The van der Waals surface area contributed by atoms with Crippen molar-refractivity contribution in [3.8, 4) is 29.1 Å². The molecule has 0 bridgehead atoms. The molecule has 0 radical (unpaired) electrons. The van der Waals surface area contributed by atoms with E-state index in [2.05, 4.69) is 26.7 Å². The molecule has 9 heteroatoms. The second kappa shape index (κ2) is 8.32. The quantitative estimate of drug-likeness (QED) is 0.652. The SMILES string of the molecule is COC(=O)COc1cc(Br)c([C@H]2C(C#N)=C(N)Oc3cc(O)ccc32)cc1OC. The van der Waals surface area contributed by atoms with E-state index in [-0.39, 0.29) is 23.8 Å². The lowest BCUT2D eigenvalue weighted by Gasteiger charge is -2.27. The molecule has 0 spiro atoms. The van der Waals surface area contributed by atoms with E-state index >= 15 is 0 Å². The van der Waals surface area contributed by atoms with E-state index < -0.39 is 11.9 Å². The highest BCUT2D eigenvalue weighted by Gasteiger charge is 2.33. The summed E-state index contributed by atoms with van der Waals surface area (Å²) in [7, 11) is 2.73. The number of phenols is 1.